The van der Waals surface area contributed by atoms with Crippen molar-refractivity contribution in [2.75, 3.05) is 0 Å². The van der Waals surface area contributed by atoms with Gasteiger partial charge in [-0.2, -0.15) is 5.10 Å². The predicted octanol–water partition coefficient (Wildman–Crippen LogP) is 2.18. The fraction of sp³-hybridized carbons (Fsp3) is 0.375. The van der Waals surface area contributed by atoms with Crippen molar-refractivity contribution in [1.82, 2.24) is 10.2 Å². The van der Waals surface area contributed by atoms with Gasteiger partial charge in [0.25, 0.3) is 0 Å². The molecule has 1 aromatic rings. The van der Waals surface area contributed by atoms with Gasteiger partial charge in [0, 0.05) is 5.69 Å². The molecule has 0 spiro atoms. The van der Waals surface area contributed by atoms with Crippen LogP contribution in [0.25, 0.3) is 6.08 Å². The summed E-state index contributed by atoms with van der Waals surface area (Å²) in [6, 6.07) is 2.01. The Bertz CT molecular complexity index is 223. The molecule has 0 aliphatic carbocycles. The first-order valence-electron chi connectivity index (χ1n) is 3.41. The lowest BCUT2D eigenvalue weighted by Gasteiger charge is -1.95. The van der Waals surface area contributed by atoms with Gasteiger partial charge in [-0.3, -0.25) is 5.10 Å². The van der Waals surface area contributed by atoms with Crippen molar-refractivity contribution in [3.05, 3.63) is 24.0 Å². The lowest BCUT2D eigenvalue weighted by atomic mass is 10.1. The maximum Gasteiger partial charge on any atom is 0.0845 e. The molecule has 2 nitrogen and oxygen atoms in total. The van der Waals surface area contributed by atoms with Crippen LogP contribution in [0, 0.1) is 0 Å². The summed E-state index contributed by atoms with van der Waals surface area (Å²) in [7, 11) is 0. The van der Waals surface area contributed by atoms with Gasteiger partial charge in [-0.15, -0.1) is 0 Å². The van der Waals surface area contributed by atoms with E-state index < -0.39 is 0 Å². The summed E-state index contributed by atoms with van der Waals surface area (Å²) < 4.78 is 0. The van der Waals surface area contributed by atoms with Crippen LogP contribution >= 0.6 is 0 Å². The third-order valence-electron chi connectivity index (χ3n) is 1.45. The summed E-state index contributed by atoms with van der Waals surface area (Å²) in [5.74, 6) is 0.515. The number of hydrogen-bond donors (Lipinski definition) is 1. The zero-order chi connectivity index (χ0) is 7.56. The Hall–Kier alpha value is -1.05. The predicted molar refractivity (Wildman–Crippen MR) is 42.8 cm³/mol. The number of nitrogens with zero attached hydrogens (tertiary/aromatic N) is 1. The van der Waals surface area contributed by atoms with Crippen molar-refractivity contribution in [1.29, 1.82) is 0 Å². The van der Waals surface area contributed by atoms with E-state index >= 15 is 0 Å². The Labute approximate surface area is 61.0 Å². The number of H-pyrrole nitrogens is 1. The van der Waals surface area contributed by atoms with E-state index in [9.17, 15) is 0 Å². The molecule has 0 bridgehead atoms. The van der Waals surface area contributed by atoms with Crippen LogP contribution in [-0.2, 0) is 0 Å². The molecule has 0 unspecified atom stereocenters. The maximum atomic E-state index is 4.01. The molecule has 1 heterocycles. The van der Waals surface area contributed by atoms with Gasteiger partial charge < -0.3 is 0 Å². The summed E-state index contributed by atoms with van der Waals surface area (Å²) in [6.45, 7) is 7.87. The van der Waals surface area contributed by atoms with E-state index in [1.165, 1.54) is 0 Å². The average molecular weight is 136 g/mol. The van der Waals surface area contributed by atoms with Gasteiger partial charge >= 0.3 is 0 Å². The number of aromatic amines is 1. The molecule has 0 saturated carbocycles. The fourth-order valence-electron chi connectivity index (χ4n) is 0.753. The van der Waals surface area contributed by atoms with Crippen LogP contribution in [0.3, 0.4) is 0 Å². The van der Waals surface area contributed by atoms with Crippen molar-refractivity contribution < 1.29 is 0 Å². The highest BCUT2D eigenvalue weighted by Crippen LogP contribution is 2.11. The van der Waals surface area contributed by atoms with Crippen molar-refractivity contribution in [2.24, 2.45) is 0 Å². The first-order valence-corrected chi connectivity index (χ1v) is 3.41. The van der Waals surface area contributed by atoms with Crippen LogP contribution in [-0.4, -0.2) is 10.2 Å². The summed E-state index contributed by atoms with van der Waals surface area (Å²) in [5, 5.41) is 6.95. The summed E-state index contributed by atoms with van der Waals surface area (Å²) >= 11 is 0. The molecule has 54 valence electrons. The van der Waals surface area contributed by atoms with Crippen molar-refractivity contribution in [2.45, 2.75) is 19.8 Å². The lowest BCUT2D eigenvalue weighted by Crippen LogP contribution is -1.85. The molecule has 0 fully saturated rings. The Morgan fingerprint density at radius 3 is 2.70 bits per heavy atom. The first-order chi connectivity index (χ1) is 4.74. The molecular weight excluding hydrogens is 124 g/mol. The summed E-state index contributed by atoms with van der Waals surface area (Å²) in [4.78, 5) is 0. The van der Waals surface area contributed by atoms with Gasteiger partial charge in [-0.1, -0.05) is 20.4 Å². The van der Waals surface area contributed by atoms with Gasteiger partial charge in [-0.05, 0) is 18.1 Å². The smallest absolute Gasteiger partial charge is 0.0845 e. The topological polar surface area (TPSA) is 28.7 Å². The van der Waals surface area contributed by atoms with E-state index in [0.717, 1.165) is 11.4 Å². The quantitative estimate of drug-likeness (QED) is 0.663. The Morgan fingerprint density at radius 1 is 1.70 bits per heavy atom. The molecule has 10 heavy (non-hydrogen) atoms. The highest BCUT2D eigenvalue weighted by molar-refractivity contribution is 5.41. The molecule has 1 aromatic heterocycles. The minimum Gasteiger partial charge on any atom is -0.282 e. The van der Waals surface area contributed by atoms with Crippen molar-refractivity contribution >= 4 is 6.08 Å². The van der Waals surface area contributed by atoms with Gasteiger partial charge in [0.15, 0.2) is 0 Å². The largest absolute Gasteiger partial charge is 0.282 e. The molecule has 0 aliphatic rings. The molecule has 0 amide bonds. The van der Waals surface area contributed by atoms with Crippen LogP contribution < -0.4 is 0 Å². The number of hydrogen-bond acceptors (Lipinski definition) is 1. The van der Waals surface area contributed by atoms with E-state index in [4.69, 9.17) is 0 Å². The van der Waals surface area contributed by atoms with Crippen LogP contribution in [0.4, 0.5) is 0 Å². The molecule has 0 aromatic carbocycles. The highest BCUT2D eigenvalue weighted by Gasteiger charge is 2.00. The van der Waals surface area contributed by atoms with Crippen molar-refractivity contribution in [3.63, 3.8) is 0 Å². The van der Waals surface area contributed by atoms with E-state index in [1.807, 2.05) is 6.07 Å². The first kappa shape index (κ1) is 7.06. The number of rotatable bonds is 2. The van der Waals surface area contributed by atoms with Crippen molar-refractivity contribution in [3.8, 4) is 0 Å². The number of nitrogens with one attached hydrogen (secondary N) is 1. The van der Waals surface area contributed by atoms with E-state index in [2.05, 4.69) is 30.6 Å². The Morgan fingerprint density at radius 2 is 2.40 bits per heavy atom. The fourth-order valence-corrected chi connectivity index (χ4v) is 0.753. The van der Waals surface area contributed by atoms with Crippen LogP contribution in [0.5, 0.6) is 0 Å². The number of aromatic nitrogens is 2. The lowest BCUT2D eigenvalue weighted by molar-refractivity contribution is 0.810. The second kappa shape index (κ2) is 2.69. The molecule has 1 N–H and O–H groups in total. The maximum absolute atomic E-state index is 4.01. The van der Waals surface area contributed by atoms with E-state index in [-0.39, 0.29) is 0 Å². The second-order valence-corrected chi connectivity index (χ2v) is 2.61. The van der Waals surface area contributed by atoms with E-state index in [1.54, 1.807) is 6.08 Å². The molecule has 1 rings (SSSR count). The zero-order valence-electron chi connectivity index (χ0n) is 6.39. The van der Waals surface area contributed by atoms with Gasteiger partial charge in [0.2, 0.25) is 0 Å². The molecule has 0 atom stereocenters. The molecule has 0 radical (unpaired) electrons. The van der Waals surface area contributed by atoms with E-state index in [0.29, 0.717) is 5.92 Å². The third-order valence-corrected chi connectivity index (χ3v) is 1.45. The second-order valence-electron chi connectivity index (χ2n) is 2.61. The highest BCUT2D eigenvalue weighted by atomic mass is 15.1. The molecule has 0 saturated heterocycles. The molecule has 0 aliphatic heterocycles. The van der Waals surface area contributed by atoms with Gasteiger partial charge in [0.05, 0.1) is 5.69 Å². The normalized spacial score (nSPS) is 10.3. The Balaban J connectivity index is 2.88. The Kier molecular flexibility index (Phi) is 1.90. The van der Waals surface area contributed by atoms with Gasteiger partial charge in [-0.25, -0.2) is 0 Å². The monoisotopic (exact) mass is 136 g/mol. The summed E-state index contributed by atoms with van der Waals surface area (Å²) in [5.41, 5.74) is 2.08. The third kappa shape index (κ3) is 1.26. The average Bonchev–Trinajstić information content (AvgIpc) is 2.34. The molecular formula is C8H12N2. The van der Waals surface area contributed by atoms with Crippen LogP contribution in [0.1, 0.15) is 31.2 Å². The zero-order valence-corrected chi connectivity index (χ0v) is 6.39. The van der Waals surface area contributed by atoms with Crippen LogP contribution in [0.15, 0.2) is 12.6 Å². The summed E-state index contributed by atoms with van der Waals surface area (Å²) in [6.07, 6.45) is 1.74. The van der Waals surface area contributed by atoms with Crippen LogP contribution in [0.2, 0.25) is 0 Å². The molecule has 2 heteroatoms. The minimum absolute atomic E-state index is 0.515. The van der Waals surface area contributed by atoms with Gasteiger partial charge in [0.1, 0.15) is 0 Å². The SMILES string of the molecule is C=Cc1cc(C(C)C)[nH]n1. The standard InChI is InChI=1S/C8H12N2/c1-4-7-5-8(6(2)3)10-9-7/h4-6H,1H2,2-3H3,(H,9,10). The minimum atomic E-state index is 0.515.